The van der Waals surface area contributed by atoms with Crippen LogP contribution in [0.4, 0.5) is 4.39 Å². The molecule has 0 aliphatic rings. The Morgan fingerprint density at radius 2 is 1.96 bits per heavy atom. The van der Waals surface area contributed by atoms with Crippen molar-refractivity contribution in [3.63, 3.8) is 0 Å². The highest BCUT2D eigenvalue weighted by molar-refractivity contribution is 5.93. The Bertz CT molecular complexity index is 657. The molecule has 1 aromatic carbocycles. The molecule has 24 heavy (non-hydrogen) atoms. The summed E-state index contributed by atoms with van der Waals surface area (Å²) in [6.45, 7) is 4.72. The third-order valence-corrected chi connectivity index (χ3v) is 3.95. The van der Waals surface area contributed by atoms with Crippen molar-refractivity contribution in [2.24, 2.45) is 11.7 Å². The van der Waals surface area contributed by atoms with E-state index in [1.54, 1.807) is 30.1 Å². The molecule has 0 saturated heterocycles. The smallest absolute Gasteiger partial charge is 0.271 e. The van der Waals surface area contributed by atoms with Gasteiger partial charge in [0.25, 0.3) is 5.91 Å². The zero-order chi connectivity index (χ0) is 17.0. The van der Waals surface area contributed by atoms with E-state index >= 15 is 0 Å². The molecule has 0 radical (unpaired) electrons. The lowest BCUT2D eigenvalue weighted by Crippen LogP contribution is -2.34. The number of nitrogens with one attached hydrogen (secondary N) is 1. The van der Waals surface area contributed by atoms with Crippen LogP contribution in [-0.4, -0.2) is 40.6 Å². The topological polar surface area (TPSA) is 75.0 Å². The van der Waals surface area contributed by atoms with Crippen molar-refractivity contribution in [3.05, 3.63) is 41.8 Å². The fraction of sp³-hybridized carbons (Fsp3) is 0.412. The van der Waals surface area contributed by atoms with Gasteiger partial charge >= 0.3 is 0 Å². The summed E-state index contributed by atoms with van der Waals surface area (Å²) in [5.41, 5.74) is 7.78. The van der Waals surface area contributed by atoms with Crippen LogP contribution in [-0.2, 0) is 0 Å². The van der Waals surface area contributed by atoms with E-state index in [4.69, 9.17) is 5.73 Å². The molecule has 0 saturated carbocycles. The van der Waals surface area contributed by atoms with Crippen LogP contribution in [0.25, 0.3) is 11.3 Å². The molecule has 1 amide bonds. The Balaban J connectivity index is 0.00000288. The summed E-state index contributed by atoms with van der Waals surface area (Å²) >= 11 is 0. The summed E-state index contributed by atoms with van der Waals surface area (Å²) in [5, 5.41) is 6.87. The van der Waals surface area contributed by atoms with E-state index in [9.17, 15) is 9.18 Å². The molecular formula is C17H24ClFN4O. The molecule has 1 heterocycles. The van der Waals surface area contributed by atoms with Gasteiger partial charge in [-0.15, -0.1) is 12.4 Å². The number of carbonyl (C=O) groups excluding carboxylic acids is 1. The van der Waals surface area contributed by atoms with Crippen LogP contribution in [0.1, 0.15) is 30.8 Å². The third kappa shape index (κ3) is 5.04. The van der Waals surface area contributed by atoms with E-state index in [1.807, 2.05) is 0 Å². The normalized spacial score (nSPS) is 11.9. The summed E-state index contributed by atoms with van der Waals surface area (Å²) in [7, 11) is 1.74. The SMILES string of the molecule is CC(C)C(N)CCN(C)C(=O)c1cc(-c2ccc(F)cc2)n[nH]1.Cl. The minimum absolute atomic E-state index is 0. The van der Waals surface area contributed by atoms with Crippen LogP contribution in [0, 0.1) is 11.7 Å². The summed E-state index contributed by atoms with van der Waals surface area (Å²) in [6.07, 6.45) is 0.749. The van der Waals surface area contributed by atoms with E-state index in [2.05, 4.69) is 24.0 Å². The van der Waals surface area contributed by atoms with Crippen molar-refractivity contribution >= 4 is 18.3 Å². The van der Waals surface area contributed by atoms with Gasteiger partial charge in [-0.2, -0.15) is 5.10 Å². The van der Waals surface area contributed by atoms with Crippen LogP contribution in [0.3, 0.4) is 0 Å². The maximum absolute atomic E-state index is 12.9. The molecule has 1 atom stereocenters. The molecule has 0 aliphatic heterocycles. The predicted octanol–water partition coefficient (Wildman–Crippen LogP) is 3.08. The zero-order valence-electron chi connectivity index (χ0n) is 14.1. The molecule has 7 heteroatoms. The van der Waals surface area contributed by atoms with E-state index in [1.165, 1.54) is 12.1 Å². The number of nitrogens with zero attached hydrogens (tertiary/aromatic N) is 2. The second kappa shape index (κ2) is 8.80. The Hall–Kier alpha value is -1.92. The second-order valence-electron chi connectivity index (χ2n) is 6.10. The van der Waals surface area contributed by atoms with Gasteiger partial charge in [-0.25, -0.2) is 4.39 Å². The first-order chi connectivity index (χ1) is 10.9. The number of carbonyl (C=O) groups is 1. The average Bonchev–Trinajstić information content (AvgIpc) is 3.01. The number of aromatic nitrogens is 2. The van der Waals surface area contributed by atoms with Gasteiger partial charge in [0.05, 0.1) is 5.69 Å². The number of nitrogens with two attached hydrogens (primary N) is 1. The van der Waals surface area contributed by atoms with Gasteiger partial charge < -0.3 is 10.6 Å². The lowest BCUT2D eigenvalue weighted by molar-refractivity contribution is 0.0783. The first-order valence-corrected chi connectivity index (χ1v) is 7.71. The highest BCUT2D eigenvalue weighted by Gasteiger charge is 2.17. The maximum Gasteiger partial charge on any atom is 0.271 e. The molecule has 1 aromatic heterocycles. The van der Waals surface area contributed by atoms with Gasteiger partial charge in [-0.1, -0.05) is 13.8 Å². The van der Waals surface area contributed by atoms with Gasteiger partial charge in [0.1, 0.15) is 11.5 Å². The molecule has 132 valence electrons. The molecule has 1 unspecified atom stereocenters. The average molecular weight is 355 g/mol. The van der Waals surface area contributed by atoms with Gasteiger partial charge in [0.15, 0.2) is 0 Å². The van der Waals surface area contributed by atoms with Crippen molar-refractivity contribution in [2.45, 2.75) is 26.3 Å². The minimum Gasteiger partial charge on any atom is -0.340 e. The number of hydrogen-bond acceptors (Lipinski definition) is 3. The molecule has 0 spiro atoms. The quantitative estimate of drug-likeness (QED) is 0.837. The van der Waals surface area contributed by atoms with Crippen LogP contribution >= 0.6 is 12.4 Å². The third-order valence-electron chi connectivity index (χ3n) is 3.95. The molecule has 0 bridgehead atoms. The van der Waals surface area contributed by atoms with E-state index in [-0.39, 0.29) is 30.2 Å². The predicted molar refractivity (Wildman–Crippen MR) is 95.6 cm³/mol. The number of H-pyrrole nitrogens is 1. The van der Waals surface area contributed by atoms with E-state index in [0.717, 1.165) is 12.0 Å². The number of rotatable bonds is 6. The van der Waals surface area contributed by atoms with Gasteiger partial charge in [-0.3, -0.25) is 9.89 Å². The molecular weight excluding hydrogens is 331 g/mol. The van der Waals surface area contributed by atoms with E-state index < -0.39 is 0 Å². The zero-order valence-corrected chi connectivity index (χ0v) is 14.9. The molecule has 3 N–H and O–H groups in total. The number of hydrogen-bond donors (Lipinski definition) is 2. The minimum atomic E-state index is -0.304. The Labute approximate surface area is 147 Å². The molecule has 2 rings (SSSR count). The van der Waals surface area contributed by atoms with Gasteiger partial charge in [0.2, 0.25) is 0 Å². The number of halogens is 2. The van der Waals surface area contributed by atoms with Crippen LogP contribution < -0.4 is 5.73 Å². The van der Waals surface area contributed by atoms with Gasteiger partial charge in [-0.05, 0) is 42.7 Å². The molecule has 0 fully saturated rings. The monoisotopic (exact) mass is 354 g/mol. The Morgan fingerprint density at radius 3 is 2.54 bits per heavy atom. The Morgan fingerprint density at radius 1 is 1.33 bits per heavy atom. The number of amides is 1. The first kappa shape index (κ1) is 20.1. The fourth-order valence-corrected chi connectivity index (χ4v) is 2.18. The van der Waals surface area contributed by atoms with Gasteiger partial charge in [0, 0.05) is 25.2 Å². The molecule has 2 aromatic rings. The summed E-state index contributed by atoms with van der Waals surface area (Å²) in [5.74, 6) is -0.0561. The van der Waals surface area contributed by atoms with Crippen molar-refractivity contribution < 1.29 is 9.18 Å². The van der Waals surface area contributed by atoms with Crippen molar-refractivity contribution in [3.8, 4) is 11.3 Å². The number of aromatic amines is 1. The second-order valence-corrected chi connectivity index (χ2v) is 6.10. The Kier molecular flexibility index (Phi) is 7.38. The van der Waals surface area contributed by atoms with Crippen molar-refractivity contribution in [1.29, 1.82) is 0 Å². The highest BCUT2D eigenvalue weighted by atomic mass is 35.5. The standard InChI is InChI=1S/C17H23FN4O.ClH/c1-11(2)14(19)8-9-22(3)17(23)16-10-15(20-21-16)12-4-6-13(18)7-5-12;/h4-7,10-11,14H,8-9,19H2,1-3H3,(H,20,21);1H. The van der Waals surface area contributed by atoms with Crippen LogP contribution in [0.2, 0.25) is 0 Å². The lowest BCUT2D eigenvalue weighted by Gasteiger charge is -2.21. The maximum atomic E-state index is 12.9. The van der Waals surface area contributed by atoms with E-state index in [0.29, 0.717) is 23.9 Å². The lowest BCUT2D eigenvalue weighted by atomic mass is 10.0. The summed E-state index contributed by atoms with van der Waals surface area (Å²) in [4.78, 5) is 14.0. The van der Waals surface area contributed by atoms with Crippen molar-refractivity contribution in [2.75, 3.05) is 13.6 Å². The summed E-state index contributed by atoms with van der Waals surface area (Å²) < 4.78 is 12.9. The van der Waals surface area contributed by atoms with Crippen LogP contribution in [0.5, 0.6) is 0 Å². The molecule has 5 nitrogen and oxygen atoms in total. The first-order valence-electron chi connectivity index (χ1n) is 7.71. The largest absolute Gasteiger partial charge is 0.340 e. The molecule has 0 aliphatic carbocycles. The fourth-order valence-electron chi connectivity index (χ4n) is 2.18. The highest BCUT2D eigenvalue weighted by Crippen LogP contribution is 2.18. The van der Waals surface area contributed by atoms with Crippen molar-refractivity contribution in [1.82, 2.24) is 15.1 Å². The number of benzene rings is 1. The van der Waals surface area contributed by atoms with Crippen LogP contribution in [0.15, 0.2) is 30.3 Å². The summed E-state index contributed by atoms with van der Waals surface area (Å²) in [6, 6.07) is 7.74.